The van der Waals surface area contributed by atoms with E-state index in [1.165, 1.54) is 38.6 Å². The molecule has 0 unspecified atom stereocenters. The van der Waals surface area contributed by atoms with Crippen LogP contribution < -0.4 is 14.2 Å². The molecular weight excluding hydrogens is 348 g/mol. The molecule has 0 aliphatic rings. The Kier molecular flexibility index (Phi) is 5.81. The summed E-state index contributed by atoms with van der Waals surface area (Å²) in [6.07, 6.45) is 1.26. The van der Waals surface area contributed by atoms with Gasteiger partial charge in [-0.05, 0) is 30.2 Å². The van der Waals surface area contributed by atoms with E-state index < -0.39 is 16.0 Å². The maximum atomic E-state index is 12.7. The van der Waals surface area contributed by atoms with Crippen LogP contribution in [0.3, 0.4) is 0 Å². The highest BCUT2D eigenvalue weighted by Crippen LogP contribution is 2.34. The number of aryl methyl sites for hydroxylation is 1. The van der Waals surface area contributed by atoms with Gasteiger partial charge in [-0.25, -0.2) is 13.4 Å². The minimum Gasteiger partial charge on any atom is -0.493 e. The van der Waals surface area contributed by atoms with E-state index in [9.17, 15) is 13.2 Å². The molecule has 0 fully saturated rings. The molecule has 0 aliphatic carbocycles. The Morgan fingerprint density at radius 1 is 1.20 bits per heavy atom. The average molecular weight is 366 g/mol. The molecule has 8 nitrogen and oxygen atoms in total. The number of carboxylic acids is 1. The Labute approximate surface area is 145 Å². The summed E-state index contributed by atoms with van der Waals surface area (Å²) in [5.74, 6) is -0.333. The lowest BCUT2D eigenvalue weighted by atomic mass is 10.1. The largest absolute Gasteiger partial charge is 0.493 e. The van der Waals surface area contributed by atoms with Crippen LogP contribution in [-0.2, 0) is 21.2 Å². The number of ether oxygens (including phenoxy) is 2. The highest BCUT2D eigenvalue weighted by molar-refractivity contribution is 7.92. The first-order chi connectivity index (χ1) is 11.9. The highest BCUT2D eigenvalue weighted by Gasteiger charge is 2.23. The third-order valence-corrected chi connectivity index (χ3v) is 4.81. The van der Waals surface area contributed by atoms with Gasteiger partial charge in [-0.15, -0.1) is 0 Å². The molecule has 1 aromatic carbocycles. The Balaban J connectivity index is 2.50. The molecule has 1 aromatic heterocycles. The van der Waals surface area contributed by atoms with Crippen molar-refractivity contribution in [1.29, 1.82) is 0 Å². The number of aliphatic carboxylic acids is 1. The van der Waals surface area contributed by atoms with Gasteiger partial charge in [0.2, 0.25) is 0 Å². The average Bonchev–Trinajstić information content (AvgIpc) is 2.59. The molecule has 2 N–H and O–H groups in total. The van der Waals surface area contributed by atoms with Crippen molar-refractivity contribution < 1.29 is 27.8 Å². The number of hydrogen-bond acceptors (Lipinski definition) is 6. The molecule has 0 saturated carbocycles. The molecule has 0 spiro atoms. The van der Waals surface area contributed by atoms with Gasteiger partial charge in [-0.2, -0.15) is 0 Å². The number of anilines is 1. The normalized spacial score (nSPS) is 11.0. The van der Waals surface area contributed by atoms with Gasteiger partial charge in [-0.1, -0.05) is 6.07 Å². The van der Waals surface area contributed by atoms with E-state index in [0.717, 1.165) is 0 Å². The van der Waals surface area contributed by atoms with E-state index in [-0.39, 0.29) is 29.3 Å². The minimum absolute atomic E-state index is 0.0220. The fourth-order valence-corrected chi connectivity index (χ4v) is 3.48. The zero-order valence-electron chi connectivity index (χ0n) is 13.7. The first-order valence-electron chi connectivity index (χ1n) is 7.28. The van der Waals surface area contributed by atoms with Crippen LogP contribution in [0, 0.1) is 0 Å². The standard InChI is InChI=1S/C16H18N2O6S/c1-23-12-9-11(6-7-16(19)20)14(10-13(12)24-2)25(21,22)18-15-5-3-4-8-17-15/h3-5,8-10H,6-7H2,1-2H3,(H,17,18)(H,19,20). The number of pyridine rings is 1. The zero-order chi connectivity index (χ0) is 18.4. The third kappa shape index (κ3) is 4.60. The summed E-state index contributed by atoms with van der Waals surface area (Å²) in [7, 11) is -1.19. The van der Waals surface area contributed by atoms with Gasteiger partial charge in [0.15, 0.2) is 11.5 Å². The van der Waals surface area contributed by atoms with Crippen LogP contribution >= 0.6 is 0 Å². The topological polar surface area (TPSA) is 115 Å². The van der Waals surface area contributed by atoms with Gasteiger partial charge in [0, 0.05) is 18.7 Å². The fraction of sp³-hybridized carbons (Fsp3) is 0.250. The molecule has 2 rings (SSSR count). The number of rotatable bonds is 8. The van der Waals surface area contributed by atoms with Gasteiger partial charge in [-0.3, -0.25) is 9.52 Å². The number of nitrogens with zero attached hydrogens (tertiary/aromatic N) is 1. The van der Waals surface area contributed by atoms with Gasteiger partial charge >= 0.3 is 5.97 Å². The number of sulfonamides is 1. The summed E-state index contributed by atoms with van der Waals surface area (Å²) in [6, 6.07) is 7.59. The van der Waals surface area contributed by atoms with E-state index in [2.05, 4.69) is 9.71 Å². The maximum absolute atomic E-state index is 12.7. The number of hydrogen-bond donors (Lipinski definition) is 2. The van der Waals surface area contributed by atoms with Crippen molar-refractivity contribution in [2.45, 2.75) is 17.7 Å². The van der Waals surface area contributed by atoms with Crippen LogP contribution in [0.1, 0.15) is 12.0 Å². The zero-order valence-corrected chi connectivity index (χ0v) is 14.5. The van der Waals surface area contributed by atoms with Gasteiger partial charge in [0.25, 0.3) is 10.0 Å². The molecule has 2 aromatic rings. The van der Waals surface area contributed by atoms with E-state index in [4.69, 9.17) is 14.6 Å². The third-order valence-electron chi connectivity index (χ3n) is 3.37. The summed E-state index contributed by atoms with van der Waals surface area (Å²) in [5.41, 5.74) is 0.309. The molecule has 134 valence electrons. The second-order valence-electron chi connectivity index (χ2n) is 5.03. The lowest BCUT2D eigenvalue weighted by molar-refractivity contribution is -0.136. The van der Waals surface area contributed by atoms with Crippen molar-refractivity contribution in [3.8, 4) is 11.5 Å². The predicted molar refractivity (Wildman–Crippen MR) is 90.5 cm³/mol. The van der Waals surface area contributed by atoms with E-state index in [0.29, 0.717) is 11.3 Å². The number of benzene rings is 1. The molecule has 0 radical (unpaired) electrons. The molecule has 0 saturated heterocycles. The highest BCUT2D eigenvalue weighted by atomic mass is 32.2. The molecular formula is C16H18N2O6S. The summed E-state index contributed by atoms with van der Waals surface area (Å²) >= 11 is 0. The van der Waals surface area contributed by atoms with E-state index in [1.54, 1.807) is 12.1 Å². The van der Waals surface area contributed by atoms with E-state index >= 15 is 0 Å². The van der Waals surface area contributed by atoms with Gasteiger partial charge in [0.05, 0.1) is 19.1 Å². The van der Waals surface area contributed by atoms with Crippen molar-refractivity contribution in [2.24, 2.45) is 0 Å². The number of carboxylic acid groups (broad SMARTS) is 1. The SMILES string of the molecule is COc1cc(CCC(=O)O)c(S(=O)(=O)Nc2ccccn2)cc1OC. The van der Waals surface area contributed by atoms with Crippen LogP contribution in [0.4, 0.5) is 5.82 Å². The molecule has 9 heteroatoms. The van der Waals surface area contributed by atoms with E-state index in [1.807, 2.05) is 0 Å². The maximum Gasteiger partial charge on any atom is 0.303 e. The molecule has 0 bridgehead atoms. The van der Waals surface area contributed by atoms with Crippen molar-refractivity contribution in [3.05, 3.63) is 42.1 Å². The molecule has 1 heterocycles. The number of aromatic nitrogens is 1. The Morgan fingerprint density at radius 3 is 2.44 bits per heavy atom. The van der Waals surface area contributed by atoms with Crippen LogP contribution in [0.25, 0.3) is 0 Å². The number of methoxy groups -OCH3 is 2. The minimum atomic E-state index is -3.99. The Bertz CT molecular complexity index is 852. The van der Waals surface area contributed by atoms with Crippen LogP contribution in [0.5, 0.6) is 11.5 Å². The second kappa shape index (κ2) is 7.84. The monoisotopic (exact) mass is 366 g/mol. The first-order valence-corrected chi connectivity index (χ1v) is 8.76. The molecule has 0 aliphatic heterocycles. The van der Waals surface area contributed by atoms with Crippen molar-refractivity contribution in [2.75, 3.05) is 18.9 Å². The lowest BCUT2D eigenvalue weighted by Crippen LogP contribution is -2.16. The molecule has 0 amide bonds. The second-order valence-corrected chi connectivity index (χ2v) is 6.68. The van der Waals surface area contributed by atoms with Crippen LogP contribution in [-0.4, -0.2) is 38.7 Å². The lowest BCUT2D eigenvalue weighted by Gasteiger charge is -2.15. The summed E-state index contributed by atoms with van der Waals surface area (Å²) in [6.45, 7) is 0. The van der Waals surface area contributed by atoms with Crippen molar-refractivity contribution >= 4 is 21.8 Å². The molecule has 25 heavy (non-hydrogen) atoms. The fourth-order valence-electron chi connectivity index (χ4n) is 2.21. The Morgan fingerprint density at radius 2 is 1.88 bits per heavy atom. The van der Waals surface area contributed by atoms with Gasteiger partial charge < -0.3 is 14.6 Å². The van der Waals surface area contributed by atoms with Crippen molar-refractivity contribution in [3.63, 3.8) is 0 Å². The summed E-state index contributed by atoms with van der Waals surface area (Å²) in [4.78, 5) is 14.7. The quantitative estimate of drug-likeness (QED) is 0.733. The molecule has 0 atom stereocenters. The smallest absolute Gasteiger partial charge is 0.303 e. The van der Waals surface area contributed by atoms with Crippen molar-refractivity contribution in [1.82, 2.24) is 4.98 Å². The Hall–Kier alpha value is -2.81. The number of carbonyl (C=O) groups is 1. The first kappa shape index (κ1) is 18.5. The van der Waals surface area contributed by atoms with Crippen LogP contribution in [0.15, 0.2) is 41.4 Å². The summed E-state index contributed by atoms with van der Waals surface area (Å²) in [5, 5.41) is 8.90. The summed E-state index contributed by atoms with van der Waals surface area (Å²) < 4.78 is 38.2. The van der Waals surface area contributed by atoms with Gasteiger partial charge in [0.1, 0.15) is 5.82 Å². The van der Waals surface area contributed by atoms with Crippen LogP contribution in [0.2, 0.25) is 0 Å². The predicted octanol–water partition coefficient (Wildman–Crippen LogP) is 1.92. The number of nitrogens with one attached hydrogen (secondary N) is 1.